The minimum absolute atomic E-state index is 0.00247. The first-order chi connectivity index (χ1) is 12.6. The lowest BCUT2D eigenvalue weighted by molar-refractivity contribution is -0.137. The standard InChI is InChI=1S/C19H14F5NO2/c1-10-6-14-13(16(26)8-15(25-14)18(20)21)7-17(10)27-9-11-2-4-12(5-3-11)19(22,23)24/h2-8,18H,9H2,1H3,(H,25,26). The summed E-state index contributed by atoms with van der Waals surface area (Å²) in [4.78, 5) is 14.6. The molecule has 3 rings (SSSR count). The number of halogens is 5. The Morgan fingerprint density at radius 1 is 1.07 bits per heavy atom. The molecular formula is C19H14F5NO2. The number of benzene rings is 2. The fourth-order valence-electron chi connectivity index (χ4n) is 2.63. The van der Waals surface area contributed by atoms with Gasteiger partial charge < -0.3 is 9.72 Å². The number of fused-ring (bicyclic) bond motifs is 1. The number of rotatable bonds is 4. The summed E-state index contributed by atoms with van der Waals surface area (Å²) < 4.78 is 68.9. The highest BCUT2D eigenvalue weighted by Crippen LogP contribution is 2.30. The first-order valence-electron chi connectivity index (χ1n) is 7.90. The third-order valence-corrected chi connectivity index (χ3v) is 4.06. The Morgan fingerprint density at radius 2 is 1.74 bits per heavy atom. The summed E-state index contributed by atoms with van der Waals surface area (Å²) in [6.45, 7) is 1.67. The Kier molecular flexibility index (Phi) is 4.91. The quantitative estimate of drug-likeness (QED) is 0.616. The van der Waals surface area contributed by atoms with Gasteiger partial charge in [0, 0.05) is 11.5 Å². The second kappa shape index (κ2) is 7.02. The molecule has 27 heavy (non-hydrogen) atoms. The molecule has 0 aliphatic rings. The van der Waals surface area contributed by atoms with Gasteiger partial charge in [0.25, 0.3) is 6.43 Å². The number of H-pyrrole nitrogens is 1. The van der Waals surface area contributed by atoms with Crippen molar-refractivity contribution in [1.82, 2.24) is 4.98 Å². The molecule has 0 atom stereocenters. The second-order valence-electron chi connectivity index (χ2n) is 6.04. The van der Waals surface area contributed by atoms with Crippen LogP contribution >= 0.6 is 0 Å². The van der Waals surface area contributed by atoms with Crippen LogP contribution in [0.2, 0.25) is 0 Å². The second-order valence-corrected chi connectivity index (χ2v) is 6.04. The lowest BCUT2D eigenvalue weighted by atomic mass is 10.1. The lowest BCUT2D eigenvalue weighted by Crippen LogP contribution is -2.07. The van der Waals surface area contributed by atoms with E-state index < -0.39 is 29.3 Å². The van der Waals surface area contributed by atoms with E-state index in [0.717, 1.165) is 18.2 Å². The van der Waals surface area contributed by atoms with Crippen LogP contribution in [-0.4, -0.2) is 4.98 Å². The van der Waals surface area contributed by atoms with Crippen molar-refractivity contribution in [3.63, 3.8) is 0 Å². The van der Waals surface area contributed by atoms with Crippen molar-refractivity contribution in [3.05, 3.63) is 75.1 Å². The number of hydrogen-bond acceptors (Lipinski definition) is 2. The summed E-state index contributed by atoms with van der Waals surface area (Å²) >= 11 is 0. The van der Waals surface area contributed by atoms with Crippen molar-refractivity contribution in [1.29, 1.82) is 0 Å². The Bertz CT molecular complexity index is 1020. The maximum Gasteiger partial charge on any atom is 0.416 e. The summed E-state index contributed by atoms with van der Waals surface area (Å²) in [5.41, 5.74) is -0.420. The average molecular weight is 383 g/mol. The molecule has 0 amide bonds. The van der Waals surface area contributed by atoms with Crippen molar-refractivity contribution in [2.45, 2.75) is 26.1 Å². The minimum atomic E-state index is -4.41. The average Bonchev–Trinajstić information content (AvgIpc) is 2.59. The highest BCUT2D eigenvalue weighted by atomic mass is 19.4. The highest BCUT2D eigenvalue weighted by molar-refractivity contribution is 5.81. The fourth-order valence-corrected chi connectivity index (χ4v) is 2.63. The van der Waals surface area contributed by atoms with Gasteiger partial charge in [-0.15, -0.1) is 0 Å². The Morgan fingerprint density at radius 3 is 2.33 bits per heavy atom. The monoisotopic (exact) mass is 383 g/mol. The molecule has 0 unspecified atom stereocenters. The van der Waals surface area contributed by atoms with Gasteiger partial charge in [0.05, 0.1) is 16.8 Å². The highest BCUT2D eigenvalue weighted by Gasteiger charge is 2.29. The molecule has 3 aromatic rings. The van der Waals surface area contributed by atoms with E-state index in [1.165, 1.54) is 24.3 Å². The van der Waals surface area contributed by atoms with Gasteiger partial charge in [-0.05, 0) is 42.3 Å². The number of aromatic nitrogens is 1. The van der Waals surface area contributed by atoms with E-state index in [0.29, 0.717) is 16.9 Å². The van der Waals surface area contributed by atoms with Crippen LogP contribution in [0.5, 0.6) is 5.75 Å². The van der Waals surface area contributed by atoms with Gasteiger partial charge in [-0.2, -0.15) is 13.2 Å². The summed E-state index contributed by atoms with van der Waals surface area (Å²) in [7, 11) is 0. The van der Waals surface area contributed by atoms with Crippen LogP contribution in [0.4, 0.5) is 22.0 Å². The smallest absolute Gasteiger partial charge is 0.416 e. The molecule has 1 heterocycles. The first-order valence-corrected chi connectivity index (χ1v) is 7.90. The zero-order chi connectivity index (χ0) is 19.8. The van der Waals surface area contributed by atoms with Gasteiger partial charge in [-0.25, -0.2) is 8.78 Å². The molecule has 0 saturated heterocycles. The van der Waals surface area contributed by atoms with Gasteiger partial charge in [0.1, 0.15) is 12.4 Å². The third-order valence-electron chi connectivity index (χ3n) is 4.06. The number of alkyl halides is 5. The van der Waals surface area contributed by atoms with Crippen molar-refractivity contribution >= 4 is 10.9 Å². The predicted molar refractivity (Wildman–Crippen MR) is 90.0 cm³/mol. The Balaban J connectivity index is 1.85. The van der Waals surface area contributed by atoms with Gasteiger partial charge in [-0.3, -0.25) is 4.79 Å². The van der Waals surface area contributed by atoms with Crippen molar-refractivity contribution < 1.29 is 26.7 Å². The van der Waals surface area contributed by atoms with Crippen LogP contribution in [0.15, 0.2) is 47.3 Å². The SMILES string of the molecule is Cc1cc2[nH]c(C(F)F)cc(=O)c2cc1OCc1ccc(C(F)(F)F)cc1. The minimum Gasteiger partial charge on any atom is -0.489 e. The van der Waals surface area contributed by atoms with Gasteiger partial charge >= 0.3 is 6.18 Å². The van der Waals surface area contributed by atoms with Crippen molar-refractivity contribution in [2.75, 3.05) is 0 Å². The molecule has 0 aliphatic heterocycles. The maximum atomic E-state index is 12.8. The van der Waals surface area contributed by atoms with E-state index in [4.69, 9.17) is 4.74 Å². The Hall–Kier alpha value is -2.90. The number of pyridine rings is 1. The molecule has 0 bridgehead atoms. The van der Waals surface area contributed by atoms with E-state index in [2.05, 4.69) is 4.98 Å². The van der Waals surface area contributed by atoms with Crippen LogP contribution in [0.25, 0.3) is 10.9 Å². The first kappa shape index (κ1) is 18.9. The van der Waals surface area contributed by atoms with Crippen LogP contribution in [0.3, 0.4) is 0 Å². The number of ether oxygens (including phenoxy) is 1. The van der Waals surface area contributed by atoms with Crippen molar-refractivity contribution in [2.24, 2.45) is 0 Å². The molecule has 0 saturated carbocycles. The molecule has 0 fully saturated rings. The van der Waals surface area contributed by atoms with Gasteiger partial charge in [0.15, 0.2) is 5.43 Å². The number of hydrogen-bond donors (Lipinski definition) is 1. The van der Waals surface area contributed by atoms with Gasteiger partial charge in [-0.1, -0.05) is 12.1 Å². The molecular weight excluding hydrogens is 369 g/mol. The van der Waals surface area contributed by atoms with E-state index in [1.807, 2.05) is 0 Å². The number of aromatic amines is 1. The Labute approximate surface area is 150 Å². The molecule has 0 radical (unpaired) electrons. The number of aryl methyl sites for hydroxylation is 1. The van der Waals surface area contributed by atoms with Crippen molar-refractivity contribution in [3.8, 4) is 5.75 Å². The summed E-state index contributed by atoms with van der Waals surface area (Å²) in [5, 5.41) is 0.187. The molecule has 2 aromatic carbocycles. The zero-order valence-electron chi connectivity index (χ0n) is 14.0. The molecule has 0 spiro atoms. The molecule has 8 heteroatoms. The third kappa shape index (κ3) is 4.10. The van der Waals surface area contributed by atoms with Crippen LogP contribution in [-0.2, 0) is 12.8 Å². The maximum absolute atomic E-state index is 12.8. The van der Waals surface area contributed by atoms with Gasteiger partial charge in [0.2, 0.25) is 0 Å². The lowest BCUT2D eigenvalue weighted by Gasteiger charge is -2.12. The predicted octanol–water partition coefficient (Wildman–Crippen LogP) is 5.37. The summed E-state index contributed by atoms with van der Waals surface area (Å²) in [6.07, 6.45) is -7.20. The molecule has 1 N–H and O–H groups in total. The fraction of sp³-hybridized carbons (Fsp3) is 0.211. The normalized spacial score (nSPS) is 12.0. The summed E-state index contributed by atoms with van der Waals surface area (Å²) in [5.74, 6) is 0.345. The van der Waals surface area contributed by atoms with Crippen LogP contribution in [0.1, 0.15) is 28.8 Å². The number of nitrogens with one attached hydrogen (secondary N) is 1. The molecule has 3 nitrogen and oxygen atoms in total. The largest absolute Gasteiger partial charge is 0.489 e. The van der Waals surface area contributed by atoms with Crippen LogP contribution in [0, 0.1) is 6.92 Å². The zero-order valence-corrected chi connectivity index (χ0v) is 14.0. The van der Waals surface area contributed by atoms with Crippen LogP contribution < -0.4 is 10.2 Å². The molecule has 142 valence electrons. The van der Waals surface area contributed by atoms with E-state index >= 15 is 0 Å². The topological polar surface area (TPSA) is 42.1 Å². The van der Waals surface area contributed by atoms with E-state index in [-0.39, 0.29) is 17.5 Å². The molecule has 0 aliphatic carbocycles. The van der Waals surface area contributed by atoms with E-state index in [9.17, 15) is 26.7 Å². The van der Waals surface area contributed by atoms with E-state index in [1.54, 1.807) is 6.92 Å². The molecule has 1 aromatic heterocycles. The summed E-state index contributed by atoms with van der Waals surface area (Å²) in [6, 6.07) is 8.32.